The summed E-state index contributed by atoms with van der Waals surface area (Å²) in [6.07, 6.45) is -1.23. The van der Waals surface area contributed by atoms with Crippen molar-refractivity contribution in [1.82, 2.24) is 8.61 Å². The Morgan fingerprint density at radius 2 is 0.653 bits per heavy atom. The summed E-state index contributed by atoms with van der Waals surface area (Å²) in [6.45, 7) is 0.129. The van der Waals surface area contributed by atoms with Crippen molar-refractivity contribution in [3.05, 3.63) is 177 Å². The van der Waals surface area contributed by atoms with E-state index in [0.29, 0.717) is 45.3 Å². The van der Waals surface area contributed by atoms with Crippen LogP contribution in [-0.2, 0) is 65.9 Å². The smallest absolute Gasteiger partial charge is 0.217 e. The van der Waals surface area contributed by atoms with E-state index in [9.17, 15) is 43.9 Å². The van der Waals surface area contributed by atoms with Gasteiger partial charge in [0.15, 0.2) is 19.7 Å². The van der Waals surface area contributed by atoms with Gasteiger partial charge in [0.25, 0.3) is 0 Å². The van der Waals surface area contributed by atoms with Gasteiger partial charge in [-0.25, -0.2) is 33.7 Å². The zero-order valence-electron chi connectivity index (χ0n) is 40.2. The van der Waals surface area contributed by atoms with Gasteiger partial charge in [0.2, 0.25) is 20.0 Å². The van der Waals surface area contributed by atoms with Crippen LogP contribution in [0.2, 0.25) is 10.0 Å². The van der Waals surface area contributed by atoms with Crippen LogP contribution < -0.4 is 18.9 Å². The van der Waals surface area contributed by atoms with E-state index in [0.717, 1.165) is 12.5 Å². The lowest BCUT2D eigenvalue weighted by Crippen LogP contribution is -2.34. The minimum atomic E-state index is -4.08. The molecule has 0 saturated heterocycles. The van der Waals surface area contributed by atoms with E-state index in [4.69, 9.17) is 42.1 Å². The summed E-state index contributed by atoms with van der Waals surface area (Å²) in [7, 11) is -9.52. The zero-order chi connectivity index (χ0) is 53.0. The average molecular weight is 1110 g/mol. The van der Waals surface area contributed by atoms with Crippen molar-refractivity contribution in [1.29, 1.82) is 0 Å². The Morgan fingerprint density at radius 1 is 0.417 bits per heavy atom. The highest BCUT2D eigenvalue weighted by Crippen LogP contribution is 2.31. The Balaban J connectivity index is 0.000000267. The third-order valence-electron chi connectivity index (χ3n) is 11.1. The topological polar surface area (TPSA) is 220 Å². The molecule has 0 radical (unpaired) electrons. The number of rotatable bonds is 22. The molecule has 0 spiro atoms. The summed E-state index contributed by atoms with van der Waals surface area (Å²) in [5.41, 5.74) is 2.80. The number of methoxy groups -OCH3 is 4. The molecule has 0 heterocycles. The van der Waals surface area contributed by atoms with Crippen molar-refractivity contribution < 1.29 is 62.8 Å². The number of ether oxygens (including phenoxy) is 4. The summed E-state index contributed by atoms with van der Waals surface area (Å²) in [6, 6.07) is 35.8. The fraction of sp³-hybridized carbons (Fsp3) is 0.280. The number of sulfonamides is 2. The summed E-state index contributed by atoms with van der Waals surface area (Å²) >= 11 is 11.9. The highest BCUT2D eigenvalue weighted by atomic mass is 35.5. The van der Waals surface area contributed by atoms with Crippen LogP contribution in [0.5, 0.6) is 23.0 Å². The monoisotopic (exact) mass is 1110 g/mol. The maximum absolute atomic E-state index is 13.5. The molecule has 0 saturated carbocycles. The zero-order valence-corrected chi connectivity index (χ0v) is 45.0. The highest BCUT2D eigenvalue weighted by molar-refractivity contribution is 7.91. The number of benzene rings is 6. The maximum atomic E-state index is 13.5. The third-order valence-corrected chi connectivity index (χ3v) is 17.4. The molecule has 0 fully saturated rings. The van der Waals surface area contributed by atoms with Gasteiger partial charge in [-0.05, 0) is 95.1 Å². The molecule has 6 aromatic rings. The summed E-state index contributed by atoms with van der Waals surface area (Å²) < 4.78 is 126. The van der Waals surface area contributed by atoms with E-state index in [1.54, 1.807) is 126 Å². The summed E-state index contributed by atoms with van der Waals surface area (Å²) in [5.74, 6) is 1.10. The van der Waals surface area contributed by atoms with E-state index in [-0.39, 0.29) is 57.1 Å². The quantitative estimate of drug-likeness (QED) is 0.0667. The van der Waals surface area contributed by atoms with Gasteiger partial charge in [-0.15, -0.1) is 0 Å². The molecule has 0 amide bonds. The molecule has 2 N–H and O–H groups in total. The number of hydrogen-bond acceptors (Lipinski definition) is 14. The Morgan fingerprint density at radius 3 is 0.861 bits per heavy atom. The van der Waals surface area contributed by atoms with Gasteiger partial charge in [0.1, 0.15) is 23.0 Å². The molecule has 0 aliphatic carbocycles. The first-order chi connectivity index (χ1) is 33.8. The summed E-state index contributed by atoms with van der Waals surface area (Å²) in [5, 5.41) is 22.0. The van der Waals surface area contributed by atoms with E-state index >= 15 is 0 Å². The molecule has 0 aromatic heterocycles. The third kappa shape index (κ3) is 16.4. The molecule has 388 valence electrons. The fourth-order valence-electron chi connectivity index (χ4n) is 7.24. The molecule has 16 nitrogen and oxygen atoms in total. The number of nitrogens with zero attached hydrogens (tertiary/aromatic N) is 2. The van der Waals surface area contributed by atoms with E-state index in [1.165, 1.54) is 45.0 Å². The second kappa shape index (κ2) is 25.1. The van der Waals surface area contributed by atoms with Gasteiger partial charge < -0.3 is 29.2 Å². The lowest BCUT2D eigenvalue weighted by atomic mass is 10.1. The lowest BCUT2D eigenvalue weighted by molar-refractivity contribution is 0.195. The predicted octanol–water partition coefficient (Wildman–Crippen LogP) is 7.65. The molecule has 0 aliphatic rings. The normalized spacial score (nSPS) is 12.9. The molecule has 6 rings (SSSR count). The number of sulfone groups is 2. The van der Waals surface area contributed by atoms with Crippen molar-refractivity contribution in [2.45, 2.75) is 48.2 Å². The first kappa shape index (κ1) is 57.6. The van der Waals surface area contributed by atoms with Crippen molar-refractivity contribution in [3.63, 3.8) is 0 Å². The molecule has 0 aliphatic heterocycles. The van der Waals surface area contributed by atoms with Crippen LogP contribution in [0.1, 0.15) is 45.6 Å². The molecule has 6 aromatic carbocycles. The van der Waals surface area contributed by atoms with Crippen LogP contribution in [0, 0.1) is 0 Å². The SMILES string of the molecule is COc1ccc(CN(Cc2ccc(OC)cc2)S(=O)(=O)C[C@@H](O)c2ccc(Cl)cc2S(C)(=O)=O)cc1.COc1ccc(CN(Cc2ccc(OC)cc2)S(=O)(=O)C[C@H](O)c2ccc(Cl)cc2S(C)(=O)=O)cc1. The van der Waals surface area contributed by atoms with Crippen LogP contribution in [0.4, 0.5) is 0 Å². The van der Waals surface area contributed by atoms with E-state index in [2.05, 4.69) is 0 Å². The van der Waals surface area contributed by atoms with Gasteiger partial charge in [-0.1, -0.05) is 83.9 Å². The van der Waals surface area contributed by atoms with Crippen LogP contribution in [0.25, 0.3) is 0 Å². The number of hydrogen-bond donors (Lipinski definition) is 2. The second-order valence-corrected chi connectivity index (χ2v) is 25.3. The molecule has 72 heavy (non-hydrogen) atoms. The Bertz CT molecular complexity index is 2900. The van der Waals surface area contributed by atoms with Gasteiger partial charge in [-0.3, -0.25) is 0 Å². The fourth-order valence-corrected chi connectivity index (χ4v) is 12.6. The number of aliphatic hydroxyl groups excluding tert-OH is 2. The van der Waals surface area contributed by atoms with Crippen molar-refractivity contribution in [3.8, 4) is 23.0 Å². The Kier molecular flexibility index (Phi) is 20.1. The molecule has 2 atom stereocenters. The first-order valence-electron chi connectivity index (χ1n) is 21.7. The maximum Gasteiger partial charge on any atom is 0.217 e. The number of halogens is 2. The van der Waals surface area contributed by atoms with Crippen LogP contribution in [0.15, 0.2) is 143 Å². The van der Waals surface area contributed by atoms with Crippen LogP contribution >= 0.6 is 23.2 Å². The lowest BCUT2D eigenvalue weighted by Gasteiger charge is -2.25. The van der Waals surface area contributed by atoms with Gasteiger partial charge in [0, 0.05) is 59.9 Å². The Hall–Kier alpha value is -5.26. The first-order valence-corrected chi connectivity index (χ1v) is 29.4. The van der Waals surface area contributed by atoms with E-state index in [1.807, 2.05) is 0 Å². The molecular formula is C50H56Cl2N2O14S4. The molecule has 22 heteroatoms. The van der Waals surface area contributed by atoms with Crippen LogP contribution in [-0.4, -0.2) is 105 Å². The standard InChI is InChI=1S/2C25H28ClNO7S2/c2*1-33-21-9-4-18(5-10-21)15-27(16-19-6-11-22(34-2)12-7-19)36(31,32)17-24(28)23-13-8-20(26)14-25(23)35(3,29)30/h2*4-14,24,28H,15-17H2,1-3H3/t2*24-/m10/s1. The molecule has 0 bridgehead atoms. The van der Waals surface area contributed by atoms with Crippen molar-refractivity contribution >= 4 is 62.9 Å². The van der Waals surface area contributed by atoms with E-state index < -0.39 is 63.4 Å². The highest BCUT2D eigenvalue weighted by Gasteiger charge is 2.31. The largest absolute Gasteiger partial charge is 0.497 e. The van der Waals surface area contributed by atoms with Gasteiger partial charge in [0.05, 0.1) is 61.9 Å². The van der Waals surface area contributed by atoms with Gasteiger partial charge >= 0.3 is 0 Å². The predicted molar refractivity (Wildman–Crippen MR) is 277 cm³/mol. The average Bonchev–Trinajstić information content (AvgIpc) is 3.33. The van der Waals surface area contributed by atoms with Crippen molar-refractivity contribution in [2.75, 3.05) is 52.5 Å². The minimum absolute atomic E-state index is 0.0284. The number of aliphatic hydroxyl groups is 2. The molecule has 0 unspecified atom stereocenters. The van der Waals surface area contributed by atoms with Gasteiger partial charge in [-0.2, -0.15) is 8.61 Å². The Labute approximate surface area is 432 Å². The minimum Gasteiger partial charge on any atom is -0.497 e. The second-order valence-electron chi connectivity index (χ2n) is 16.4. The van der Waals surface area contributed by atoms with Crippen molar-refractivity contribution in [2.24, 2.45) is 0 Å². The summed E-state index contributed by atoms with van der Waals surface area (Å²) in [4.78, 5) is -0.427. The molecular weight excluding hydrogens is 1050 g/mol. The van der Waals surface area contributed by atoms with Crippen LogP contribution in [0.3, 0.4) is 0 Å².